The molecule has 4 aromatic rings. The third kappa shape index (κ3) is 4.53. The van der Waals surface area contributed by atoms with E-state index >= 15 is 0 Å². The van der Waals surface area contributed by atoms with Crippen molar-refractivity contribution in [3.63, 3.8) is 0 Å². The highest BCUT2D eigenvalue weighted by Gasteiger charge is 2.08. The summed E-state index contributed by atoms with van der Waals surface area (Å²) in [6.45, 7) is 0. The van der Waals surface area contributed by atoms with E-state index in [-0.39, 0.29) is 0 Å². The zero-order valence-electron chi connectivity index (χ0n) is 15.7. The van der Waals surface area contributed by atoms with Gasteiger partial charge in [0.15, 0.2) is 0 Å². The van der Waals surface area contributed by atoms with Gasteiger partial charge in [-0.3, -0.25) is 9.78 Å². The predicted molar refractivity (Wildman–Crippen MR) is 113 cm³/mol. The summed E-state index contributed by atoms with van der Waals surface area (Å²) in [5, 5.41) is 9.59. The second-order valence-electron chi connectivity index (χ2n) is 6.35. The molecular weight excluding hydrogens is 380 g/mol. The fourth-order valence-electron chi connectivity index (χ4n) is 2.73. The van der Waals surface area contributed by atoms with Gasteiger partial charge in [-0.1, -0.05) is 30.3 Å². The third-order valence-corrected chi connectivity index (χ3v) is 4.28. The molecule has 30 heavy (non-hydrogen) atoms. The number of amides is 1. The highest BCUT2D eigenvalue weighted by molar-refractivity contribution is 5.96. The van der Waals surface area contributed by atoms with Crippen LogP contribution in [0.15, 0.2) is 101 Å². The summed E-state index contributed by atoms with van der Waals surface area (Å²) in [4.78, 5) is 33.2. The molecule has 0 saturated heterocycles. The van der Waals surface area contributed by atoms with Crippen molar-refractivity contribution in [2.45, 2.75) is 0 Å². The minimum absolute atomic E-state index is 0.361. The van der Waals surface area contributed by atoms with Crippen LogP contribution in [0.2, 0.25) is 0 Å². The number of aromatic nitrogens is 1. The Kier molecular flexibility index (Phi) is 5.52. The summed E-state index contributed by atoms with van der Waals surface area (Å²) in [5.41, 5.74) is 4.46. The van der Waals surface area contributed by atoms with E-state index in [4.69, 9.17) is 4.84 Å². The van der Waals surface area contributed by atoms with Gasteiger partial charge in [-0.15, -0.1) is 10.2 Å². The normalized spacial score (nSPS) is 10.8. The molecule has 1 N–H and O–H groups in total. The third-order valence-electron chi connectivity index (χ3n) is 4.28. The molecule has 1 aromatic heterocycles. The zero-order valence-corrected chi connectivity index (χ0v) is 15.7. The predicted octanol–water partition coefficient (Wildman–Crippen LogP) is 5.34. The number of pyridine rings is 1. The highest BCUT2D eigenvalue weighted by Crippen LogP contribution is 2.19. The molecule has 1 heterocycles. The molecule has 0 aliphatic heterocycles. The van der Waals surface area contributed by atoms with Gasteiger partial charge < -0.3 is 4.84 Å². The molecule has 3 aromatic carbocycles. The average Bonchev–Trinajstić information content (AvgIpc) is 2.82. The van der Waals surface area contributed by atoms with Crippen LogP contribution in [-0.2, 0) is 4.84 Å². The van der Waals surface area contributed by atoms with Crippen molar-refractivity contribution in [2.24, 2.45) is 10.2 Å². The molecule has 0 bridgehead atoms. The summed E-state index contributed by atoms with van der Waals surface area (Å²) >= 11 is 0. The Morgan fingerprint density at radius 3 is 2.40 bits per heavy atom. The number of nitrogens with zero attached hydrogens (tertiary/aromatic N) is 3. The number of carbonyl (C=O) groups is 2. The number of fused-ring (bicyclic) bond motifs is 1. The summed E-state index contributed by atoms with van der Waals surface area (Å²) in [5.74, 6) is -0.971. The molecule has 0 spiro atoms. The van der Waals surface area contributed by atoms with Crippen molar-refractivity contribution in [1.29, 1.82) is 0 Å². The molecule has 0 atom stereocenters. The zero-order chi connectivity index (χ0) is 20.8. The maximum atomic E-state index is 12.3. The van der Waals surface area contributed by atoms with Gasteiger partial charge in [0, 0.05) is 12.4 Å². The Bertz CT molecular complexity index is 1220. The fourth-order valence-corrected chi connectivity index (χ4v) is 2.73. The minimum atomic E-state index is -0.494. The fraction of sp³-hybridized carbons (Fsp3) is 0. The van der Waals surface area contributed by atoms with E-state index < -0.39 is 11.9 Å². The van der Waals surface area contributed by atoms with Gasteiger partial charge in [0.2, 0.25) is 0 Å². The minimum Gasteiger partial charge on any atom is -0.338 e. The Labute approximate surface area is 172 Å². The van der Waals surface area contributed by atoms with Crippen LogP contribution in [0.3, 0.4) is 0 Å². The second-order valence-corrected chi connectivity index (χ2v) is 6.35. The van der Waals surface area contributed by atoms with Gasteiger partial charge in [0.1, 0.15) is 0 Å². The van der Waals surface area contributed by atoms with E-state index in [0.29, 0.717) is 22.5 Å². The van der Waals surface area contributed by atoms with Crippen molar-refractivity contribution in [3.8, 4) is 0 Å². The molecule has 1 amide bonds. The largest absolute Gasteiger partial charge is 0.362 e. The summed E-state index contributed by atoms with van der Waals surface area (Å²) in [6, 6.07) is 23.0. The van der Waals surface area contributed by atoms with E-state index in [9.17, 15) is 9.59 Å². The molecule has 0 fully saturated rings. The first kappa shape index (κ1) is 18.9. The van der Waals surface area contributed by atoms with Crippen LogP contribution in [0.1, 0.15) is 20.7 Å². The van der Waals surface area contributed by atoms with Crippen molar-refractivity contribution in [1.82, 2.24) is 4.98 Å². The average molecular weight is 396 g/mol. The van der Waals surface area contributed by atoms with E-state index in [1.165, 1.54) is 6.20 Å². The first-order valence-electron chi connectivity index (χ1n) is 9.11. The van der Waals surface area contributed by atoms with Gasteiger partial charge >= 0.3 is 5.97 Å². The lowest BCUT2D eigenvalue weighted by molar-refractivity contribution is 0.0596. The molecule has 0 saturated carbocycles. The maximum Gasteiger partial charge on any atom is 0.362 e. The maximum absolute atomic E-state index is 12.3. The molecule has 4 rings (SSSR count). The van der Waals surface area contributed by atoms with Crippen LogP contribution >= 0.6 is 0 Å². The van der Waals surface area contributed by atoms with Gasteiger partial charge in [-0.05, 0) is 59.3 Å². The quantitative estimate of drug-likeness (QED) is 0.363. The summed E-state index contributed by atoms with van der Waals surface area (Å²) in [6.07, 6.45) is 3.00. The standard InChI is InChI=1S/C23H16N4O3/c28-22(19-6-3-13-24-15-19)26-25-20-9-11-21(12-10-20)27-30-23(29)18-8-7-16-4-1-2-5-17(16)14-18/h1-15,27H. The second kappa shape index (κ2) is 8.74. The Morgan fingerprint density at radius 2 is 1.63 bits per heavy atom. The van der Waals surface area contributed by atoms with E-state index in [0.717, 1.165) is 10.8 Å². The SMILES string of the molecule is O=C(N=Nc1ccc(NOC(=O)c2ccc3ccccc3c2)cc1)c1cccnc1. The smallest absolute Gasteiger partial charge is 0.338 e. The number of carbonyl (C=O) groups excluding carboxylic acids is 2. The monoisotopic (exact) mass is 396 g/mol. The number of hydrogen-bond acceptors (Lipinski definition) is 6. The van der Waals surface area contributed by atoms with E-state index in [1.54, 1.807) is 54.7 Å². The number of benzene rings is 3. The van der Waals surface area contributed by atoms with Crippen LogP contribution in [0.5, 0.6) is 0 Å². The van der Waals surface area contributed by atoms with Crippen LogP contribution in [0, 0.1) is 0 Å². The Balaban J connectivity index is 1.35. The van der Waals surface area contributed by atoms with Crippen LogP contribution in [0.25, 0.3) is 10.8 Å². The van der Waals surface area contributed by atoms with Crippen molar-refractivity contribution >= 4 is 34.0 Å². The van der Waals surface area contributed by atoms with Gasteiger partial charge in [-0.2, -0.15) is 0 Å². The lowest BCUT2D eigenvalue weighted by Gasteiger charge is -2.07. The number of anilines is 1. The topological polar surface area (TPSA) is 93.0 Å². The first-order valence-corrected chi connectivity index (χ1v) is 9.11. The van der Waals surface area contributed by atoms with Gasteiger partial charge in [-0.25, -0.2) is 10.3 Å². The number of hydrogen-bond donors (Lipinski definition) is 1. The van der Waals surface area contributed by atoms with E-state index in [2.05, 4.69) is 20.7 Å². The van der Waals surface area contributed by atoms with Crippen LogP contribution in [0.4, 0.5) is 11.4 Å². The summed E-state index contributed by atoms with van der Waals surface area (Å²) in [7, 11) is 0. The van der Waals surface area contributed by atoms with Crippen LogP contribution in [-0.4, -0.2) is 16.9 Å². The van der Waals surface area contributed by atoms with Gasteiger partial charge in [0.05, 0.1) is 22.5 Å². The molecule has 0 aliphatic rings. The molecular formula is C23H16N4O3. The molecule has 0 aliphatic carbocycles. The number of azo groups is 1. The van der Waals surface area contributed by atoms with Crippen molar-refractivity contribution in [2.75, 3.05) is 5.48 Å². The lowest BCUT2D eigenvalue weighted by atomic mass is 10.1. The van der Waals surface area contributed by atoms with Gasteiger partial charge in [0.25, 0.3) is 5.91 Å². The Hall–Kier alpha value is -4.39. The molecule has 146 valence electrons. The molecule has 7 nitrogen and oxygen atoms in total. The van der Waals surface area contributed by atoms with Crippen molar-refractivity contribution < 1.29 is 14.4 Å². The highest BCUT2D eigenvalue weighted by atomic mass is 16.7. The molecule has 0 radical (unpaired) electrons. The number of rotatable bonds is 5. The van der Waals surface area contributed by atoms with E-state index in [1.807, 2.05) is 30.3 Å². The van der Waals surface area contributed by atoms with Crippen LogP contribution < -0.4 is 5.48 Å². The first-order chi connectivity index (χ1) is 14.7. The molecule has 0 unspecified atom stereocenters. The number of nitrogens with one attached hydrogen (secondary N) is 1. The Morgan fingerprint density at radius 1 is 0.833 bits per heavy atom. The lowest BCUT2D eigenvalue weighted by Crippen LogP contribution is -2.10. The molecule has 7 heteroatoms. The summed E-state index contributed by atoms with van der Waals surface area (Å²) < 4.78 is 0. The van der Waals surface area contributed by atoms with Crippen molar-refractivity contribution in [3.05, 3.63) is 102 Å².